The molecule has 39 heavy (non-hydrogen) atoms. The van der Waals surface area contributed by atoms with E-state index >= 15 is 0 Å². The van der Waals surface area contributed by atoms with Crippen molar-refractivity contribution >= 4 is 29.2 Å². The van der Waals surface area contributed by atoms with Crippen molar-refractivity contribution in [3.8, 4) is 5.75 Å². The van der Waals surface area contributed by atoms with Crippen LogP contribution in [0.25, 0.3) is 0 Å². The van der Waals surface area contributed by atoms with Gasteiger partial charge < -0.3 is 35.4 Å². The fourth-order valence-electron chi connectivity index (χ4n) is 4.67. The third-order valence-corrected chi connectivity index (χ3v) is 7.07. The highest BCUT2D eigenvalue weighted by molar-refractivity contribution is 6.02. The molecule has 0 bridgehead atoms. The fraction of sp³-hybridized carbons (Fsp3) is 0.690. The second kappa shape index (κ2) is 14.0. The number of carbonyl (C=O) groups is 3. The first-order chi connectivity index (χ1) is 18.5. The number of amides is 2. The van der Waals surface area contributed by atoms with Gasteiger partial charge in [0.2, 0.25) is 5.91 Å². The van der Waals surface area contributed by atoms with Crippen LogP contribution < -0.4 is 25.6 Å². The van der Waals surface area contributed by atoms with Crippen molar-refractivity contribution in [3.05, 3.63) is 18.2 Å². The Morgan fingerprint density at radius 1 is 1.23 bits per heavy atom. The lowest BCUT2D eigenvalue weighted by molar-refractivity contribution is -0.143. The number of ether oxygens (including phenoxy) is 2. The van der Waals surface area contributed by atoms with Crippen LogP contribution in [0.2, 0.25) is 0 Å². The molecule has 10 heteroatoms. The maximum Gasteiger partial charge on any atom is 0.307 e. The molecule has 1 aromatic carbocycles. The highest BCUT2D eigenvalue weighted by atomic mass is 16.5. The van der Waals surface area contributed by atoms with Crippen LogP contribution in [-0.2, 0) is 19.1 Å². The van der Waals surface area contributed by atoms with Crippen LogP contribution in [0.3, 0.4) is 0 Å². The predicted octanol–water partition coefficient (Wildman–Crippen LogP) is 3.40. The normalized spacial score (nSPS) is 21.8. The average Bonchev–Trinajstić information content (AvgIpc) is 3.70. The van der Waals surface area contributed by atoms with Gasteiger partial charge in [0.05, 0.1) is 11.6 Å². The summed E-state index contributed by atoms with van der Waals surface area (Å²) in [4.78, 5) is 37.0. The SMILES string of the molecule is CC(C)CCC(=O)N[C@@H]1CNC[C@H](C(=O)O)C1.COCCCN1C(=O)C(C)(C)Oc2ccc(NC3CC3)cc21. The van der Waals surface area contributed by atoms with Gasteiger partial charge in [-0.25, -0.2) is 0 Å². The Hall–Kier alpha value is -2.85. The maximum atomic E-state index is 12.7. The van der Waals surface area contributed by atoms with E-state index in [2.05, 4.69) is 29.8 Å². The molecule has 2 amide bonds. The molecule has 0 radical (unpaired) electrons. The van der Waals surface area contributed by atoms with Crippen molar-refractivity contribution in [2.24, 2.45) is 11.8 Å². The number of piperidine rings is 1. The van der Waals surface area contributed by atoms with Gasteiger partial charge in [-0.15, -0.1) is 0 Å². The molecule has 10 nitrogen and oxygen atoms in total. The number of aliphatic carboxylic acids is 1. The van der Waals surface area contributed by atoms with Crippen LogP contribution in [0.5, 0.6) is 5.75 Å². The second-order valence-corrected chi connectivity index (χ2v) is 11.6. The number of carboxylic acids is 1. The van der Waals surface area contributed by atoms with Gasteiger partial charge in [0.1, 0.15) is 5.75 Å². The predicted molar refractivity (Wildman–Crippen MR) is 151 cm³/mol. The molecule has 2 aliphatic heterocycles. The van der Waals surface area contributed by atoms with Crippen LogP contribution >= 0.6 is 0 Å². The summed E-state index contributed by atoms with van der Waals surface area (Å²) in [6, 6.07) is 6.53. The fourth-order valence-corrected chi connectivity index (χ4v) is 4.67. The molecule has 0 aromatic heterocycles. The monoisotopic (exact) mass is 546 g/mol. The molecule has 4 rings (SSSR count). The van der Waals surface area contributed by atoms with E-state index in [0.29, 0.717) is 51.0 Å². The number of methoxy groups -OCH3 is 1. The van der Waals surface area contributed by atoms with E-state index in [1.165, 1.54) is 12.8 Å². The summed E-state index contributed by atoms with van der Waals surface area (Å²) < 4.78 is 11.0. The first-order valence-electron chi connectivity index (χ1n) is 14.1. The van der Waals surface area contributed by atoms with Crippen LogP contribution in [0.4, 0.5) is 11.4 Å². The largest absolute Gasteiger partial charge is 0.481 e. The minimum Gasteiger partial charge on any atom is -0.481 e. The van der Waals surface area contributed by atoms with Crippen LogP contribution in [0.1, 0.15) is 66.2 Å². The average molecular weight is 547 g/mol. The highest BCUT2D eigenvalue weighted by Crippen LogP contribution is 2.40. The van der Waals surface area contributed by atoms with Crippen molar-refractivity contribution in [2.75, 3.05) is 43.6 Å². The molecule has 1 aromatic rings. The number of benzene rings is 1. The Morgan fingerprint density at radius 3 is 2.62 bits per heavy atom. The summed E-state index contributed by atoms with van der Waals surface area (Å²) in [5.74, 6) is 0.120. The van der Waals surface area contributed by atoms with Gasteiger partial charge in [-0.05, 0) is 70.1 Å². The van der Waals surface area contributed by atoms with Crippen LogP contribution in [0.15, 0.2) is 18.2 Å². The van der Waals surface area contributed by atoms with Crippen molar-refractivity contribution in [1.29, 1.82) is 0 Å². The standard InChI is InChI=1S/C17H24N2O3.C12H22N2O3/c1-17(2)16(20)19(9-4-10-21-3)14-11-13(18-12-5-6-12)7-8-15(14)22-17;1-8(2)3-4-11(15)14-10-5-9(12(16)17)6-13-7-10/h7-8,11-12,18H,4-6,9-10H2,1-3H3;8-10,13H,3-7H2,1-2H3,(H,14,15)(H,16,17)/t;9-,10+/m.1/s1. The van der Waals surface area contributed by atoms with Crippen molar-refractivity contribution in [1.82, 2.24) is 10.6 Å². The molecular weight excluding hydrogens is 500 g/mol. The van der Waals surface area contributed by atoms with Gasteiger partial charge in [-0.1, -0.05) is 13.8 Å². The molecule has 1 saturated heterocycles. The summed E-state index contributed by atoms with van der Waals surface area (Å²) >= 11 is 0. The number of rotatable bonds is 11. The number of carboxylic acid groups (broad SMARTS) is 1. The molecule has 4 N–H and O–H groups in total. The van der Waals surface area contributed by atoms with Crippen LogP contribution in [-0.4, -0.2) is 73.9 Å². The van der Waals surface area contributed by atoms with Crippen molar-refractivity contribution < 1.29 is 29.0 Å². The van der Waals surface area contributed by atoms with E-state index < -0.39 is 11.6 Å². The number of hydrogen-bond acceptors (Lipinski definition) is 7. The van der Waals surface area contributed by atoms with Gasteiger partial charge in [0.15, 0.2) is 5.60 Å². The number of fused-ring (bicyclic) bond motifs is 1. The number of anilines is 2. The molecule has 0 spiro atoms. The Balaban J connectivity index is 0.000000224. The third kappa shape index (κ3) is 9.39. The van der Waals surface area contributed by atoms with Gasteiger partial charge in [-0.2, -0.15) is 0 Å². The molecule has 2 atom stereocenters. The Labute approximate surface area is 232 Å². The second-order valence-electron chi connectivity index (χ2n) is 11.6. The lowest BCUT2D eigenvalue weighted by atomic mass is 9.95. The highest BCUT2D eigenvalue weighted by Gasteiger charge is 2.40. The van der Waals surface area contributed by atoms with Gasteiger partial charge >= 0.3 is 5.97 Å². The Morgan fingerprint density at radius 2 is 1.97 bits per heavy atom. The number of hydrogen-bond donors (Lipinski definition) is 4. The van der Waals surface area contributed by atoms with Gasteiger partial charge in [-0.3, -0.25) is 14.4 Å². The summed E-state index contributed by atoms with van der Waals surface area (Å²) in [5.41, 5.74) is 1.08. The van der Waals surface area contributed by atoms with E-state index in [4.69, 9.17) is 14.6 Å². The number of nitrogens with one attached hydrogen (secondary N) is 3. The molecule has 1 saturated carbocycles. The lowest BCUT2D eigenvalue weighted by Gasteiger charge is -2.39. The number of nitrogens with zero attached hydrogens (tertiary/aromatic N) is 1. The first kappa shape index (κ1) is 30.7. The topological polar surface area (TPSA) is 129 Å². The third-order valence-electron chi connectivity index (χ3n) is 7.07. The van der Waals surface area contributed by atoms with Crippen molar-refractivity contribution in [3.63, 3.8) is 0 Å². The molecule has 2 fully saturated rings. The zero-order valence-electron chi connectivity index (χ0n) is 24.0. The van der Waals surface area contributed by atoms with Crippen LogP contribution in [0, 0.1) is 11.8 Å². The Kier molecular flexibility index (Phi) is 11.0. The molecule has 218 valence electrons. The van der Waals surface area contributed by atoms with Gasteiger partial charge in [0.25, 0.3) is 5.91 Å². The summed E-state index contributed by atoms with van der Waals surface area (Å²) in [5, 5.41) is 18.3. The Bertz CT molecular complexity index is 994. The molecule has 3 aliphatic rings. The first-order valence-corrected chi connectivity index (χ1v) is 14.1. The maximum absolute atomic E-state index is 12.7. The van der Waals surface area contributed by atoms with E-state index in [9.17, 15) is 14.4 Å². The molecule has 1 aliphatic carbocycles. The van der Waals surface area contributed by atoms with Crippen molar-refractivity contribution in [2.45, 2.75) is 83.9 Å². The molecular formula is C29H46N4O6. The lowest BCUT2D eigenvalue weighted by Crippen LogP contribution is -2.52. The molecule has 2 heterocycles. The summed E-state index contributed by atoms with van der Waals surface area (Å²) in [6.07, 6.45) is 5.15. The molecule has 0 unspecified atom stereocenters. The van der Waals surface area contributed by atoms with E-state index in [1.807, 2.05) is 36.9 Å². The summed E-state index contributed by atoms with van der Waals surface area (Å²) in [7, 11) is 1.68. The minimum absolute atomic E-state index is 0.000301. The van der Waals surface area contributed by atoms with Gasteiger partial charge in [0, 0.05) is 57.5 Å². The zero-order valence-corrected chi connectivity index (χ0v) is 24.0. The number of carbonyl (C=O) groups excluding carboxylic acids is 2. The van der Waals surface area contributed by atoms with E-state index in [0.717, 1.165) is 30.0 Å². The zero-order chi connectivity index (χ0) is 28.6. The smallest absolute Gasteiger partial charge is 0.307 e. The summed E-state index contributed by atoms with van der Waals surface area (Å²) in [6.45, 7) is 10.2. The van der Waals surface area contributed by atoms with E-state index in [1.54, 1.807) is 7.11 Å². The minimum atomic E-state index is -0.828. The van der Waals surface area contributed by atoms with E-state index in [-0.39, 0.29) is 23.8 Å². The quantitative estimate of drug-likeness (QED) is 0.311.